The summed E-state index contributed by atoms with van der Waals surface area (Å²) in [4.78, 5) is 32.2. The highest BCUT2D eigenvalue weighted by Gasteiger charge is 2.31. The molecule has 2 amide bonds. The molecule has 0 spiro atoms. The van der Waals surface area contributed by atoms with Crippen LogP contribution in [-0.2, 0) is 15.7 Å². The summed E-state index contributed by atoms with van der Waals surface area (Å²) in [5.41, 5.74) is -1.45. The molecule has 0 radical (unpaired) electrons. The third kappa shape index (κ3) is 7.67. The molecule has 11 heteroatoms. The van der Waals surface area contributed by atoms with Crippen LogP contribution in [0.2, 0.25) is 0 Å². The lowest BCUT2D eigenvalue weighted by atomic mass is 10.1. The van der Waals surface area contributed by atoms with Crippen molar-refractivity contribution in [1.82, 2.24) is 20.1 Å². The molecule has 0 aliphatic carbocycles. The Kier molecular flexibility index (Phi) is 7.98. The molecule has 1 atom stereocenters. The Morgan fingerprint density at radius 3 is 2.53 bits per heavy atom. The molecule has 7 nitrogen and oxygen atoms in total. The molecule has 0 saturated carbocycles. The van der Waals surface area contributed by atoms with E-state index in [0.29, 0.717) is 24.7 Å². The molecule has 1 N–H and O–H groups in total. The molecule has 1 fully saturated rings. The maximum atomic E-state index is 12.7. The Morgan fingerprint density at radius 2 is 1.97 bits per heavy atom. The summed E-state index contributed by atoms with van der Waals surface area (Å²) in [6.07, 6.45) is -4.23. The number of nitrogens with one attached hydrogen (secondary N) is 1. The van der Waals surface area contributed by atoms with Crippen molar-refractivity contribution in [3.05, 3.63) is 23.9 Å². The fourth-order valence-electron chi connectivity index (χ4n) is 2.88. The van der Waals surface area contributed by atoms with Crippen molar-refractivity contribution >= 4 is 23.8 Å². The van der Waals surface area contributed by atoms with E-state index in [1.807, 2.05) is 7.05 Å². The number of pyridine rings is 1. The molecule has 0 aromatic carbocycles. The minimum Gasteiger partial charge on any atom is -0.444 e. The number of halogens is 3. The number of amides is 2. The standard InChI is InChI=1S/C19H27F3N4O3S/c1-18(2,3)29-17(28)24-10-14-11-25(4)7-8-26(14)16(27)12-30-15-6-5-13(9-23-15)19(20,21)22/h5-6,9,14H,7-8,10-12H2,1-4H3,(H,24,28)/t14-/m1/s1. The van der Waals surface area contributed by atoms with E-state index in [2.05, 4.69) is 15.2 Å². The predicted octanol–water partition coefficient (Wildman–Crippen LogP) is 2.86. The monoisotopic (exact) mass is 448 g/mol. The number of rotatable bonds is 5. The topological polar surface area (TPSA) is 74.8 Å². The van der Waals surface area contributed by atoms with E-state index in [0.717, 1.165) is 24.0 Å². The second kappa shape index (κ2) is 9.86. The lowest BCUT2D eigenvalue weighted by molar-refractivity contribution is -0.138. The molecule has 1 aliphatic rings. The number of thioether (sulfide) groups is 1. The quantitative estimate of drug-likeness (QED) is 0.699. The minimum absolute atomic E-state index is 0.0466. The summed E-state index contributed by atoms with van der Waals surface area (Å²) < 4.78 is 43.1. The van der Waals surface area contributed by atoms with Crippen LogP contribution >= 0.6 is 11.8 Å². The lowest BCUT2D eigenvalue weighted by Crippen LogP contribution is -2.58. The maximum Gasteiger partial charge on any atom is 0.417 e. The van der Waals surface area contributed by atoms with Crippen LogP contribution in [0.15, 0.2) is 23.4 Å². The van der Waals surface area contributed by atoms with Gasteiger partial charge in [-0.15, -0.1) is 0 Å². The van der Waals surface area contributed by atoms with E-state index in [1.54, 1.807) is 25.7 Å². The fraction of sp³-hybridized carbons (Fsp3) is 0.632. The van der Waals surface area contributed by atoms with Crippen LogP contribution in [-0.4, -0.2) is 77.4 Å². The third-order valence-corrected chi connectivity index (χ3v) is 5.22. The first kappa shape index (κ1) is 24.3. The summed E-state index contributed by atoms with van der Waals surface area (Å²) in [7, 11) is 1.93. The average molecular weight is 449 g/mol. The summed E-state index contributed by atoms with van der Waals surface area (Å²) in [6.45, 7) is 7.32. The van der Waals surface area contributed by atoms with Gasteiger partial charge in [-0.05, 0) is 40.0 Å². The van der Waals surface area contributed by atoms with Gasteiger partial charge in [-0.3, -0.25) is 4.79 Å². The Bertz CT molecular complexity index is 738. The van der Waals surface area contributed by atoms with E-state index in [1.165, 1.54) is 6.07 Å². The van der Waals surface area contributed by atoms with Crippen molar-refractivity contribution in [1.29, 1.82) is 0 Å². The molecular formula is C19H27F3N4O3S. The number of carbonyl (C=O) groups excluding carboxylic acids is 2. The lowest BCUT2D eigenvalue weighted by Gasteiger charge is -2.40. The van der Waals surface area contributed by atoms with Gasteiger partial charge in [0.15, 0.2) is 0 Å². The van der Waals surface area contributed by atoms with Crippen LogP contribution in [0.3, 0.4) is 0 Å². The van der Waals surface area contributed by atoms with Crippen molar-refractivity contribution in [2.24, 2.45) is 0 Å². The number of aromatic nitrogens is 1. The van der Waals surface area contributed by atoms with E-state index < -0.39 is 23.4 Å². The molecule has 0 unspecified atom stereocenters. The molecule has 30 heavy (non-hydrogen) atoms. The number of piperazine rings is 1. The van der Waals surface area contributed by atoms with Gasteiger partial charge >= 0.3 is 12.3 Å². The van der Waals surface area contributed by atoms with Crippen LogP contribution in [0.1, 0.15) is 26.3 Å². The number of likely N-dealkylation sites (N-methyl/N-ethyl adjacent to an activating group) is 1. The van der Waals surface area contributed by atoms with Gasteiger partial charge in [0.1, 0.15) is 5.60 Å². The molecule has 0 bridgehead atoms. The van der Waals surface area contributed by atoms with Gasteiger partial charge < -0.3 is 19.9 Å². The SMILES string of the molecule is CN1CCN(C(=O)CSc2ccc(C(F)(F)F)cn2)[C@H](CNC(=O)OC(C)(C)C)C1. The first-order valence-corrected chi connectivity index (χ1v) is 10.4. The molecule has 1 saturated heterocycles. The highest BCUT2D eigenvalue weighted by molar-refractivity contribution is 7.99. The molecule has 1 aromatic rings. The number of alkyl carbamates (subject to hydrolysis) is 1. The van der Waals surface area contributed by atoms with Crippen molar-refractivity contribution in [2.75, 3.05) is 39.0 Å². The van der Waals surface area contributed by atoms with Crippen LogP contribution in [0.25, 0.3) is 0 Å². The minimum atomic E-state index is -4.44. The summed E-state index contributed by atoms with van der Waals surface area (Å²) in [5, 5.41) is 3.04. The Balaban J connectivity index is 1.92. The van der Waals surface area contributed by atoms with Crippen LogP contribution in [0.5, 0.6) is 0 Å². The summed E-state index contributed by atoms with van der Waals surface area (Å²) in [5.74, 6) is -0.115. The number of nitrogens with zero attached hydrogens (tertiary/aromatic N) is 3. The van der Waals surface area contributed by atoms with Crippen LogP contribution in [0, 0.1) is 0 Å². The Hall–Kier alpha value is -2.01. The number of hydrogen-bond acceptors (Lipinski definition) is 6. The second-order valence-electron chi connectivity index (χ2n) is 8.06. The number of carbonyl (C=O) groups is 2. The summed E-state index contributed by atoms with van der Waals surface area (Å²) in [6, 6.07) is 1.97. The van der Waals surface area contributed by atoms with Gasteiger partial charge in [-0.25, -0.2) is 9.78 Å². The molecule has 1 aliphatic heterocycles. The van der Waals surface area contributed by atoms with Crippen molar-refractivity contribution < 1.29 is 27.5 Å². The molecular weight excluding hydrogens is 421 g/mol. The van der Waals surface area contributed by atoms with Crippen molar-refractivity contribution in [3.63, 3.8) is 0 Å². The van der Waals surface area contributed by atoms with Crippen LogP contribution in [0.4, 0.5) is 18.0 Å². The zero-order valence-electron chi connectivity index (χ0n) is 17.5. The number of alkyl halides is 3. The summed E-state index contributed by atoms with van der Waals surface area (Å²) >= 11 is 1.08. The van der Waals surface area contributed by atoms with E-state index in [4.69, 9.17) is 4.74 Å². The van der Waals surface area contributed by atoms with Crippen molar-refractivity contribution in [3.8, 4) is 0 Å². The smallest absolute Gasteiger partial charge is 0.417 e. The number of ether oxygens (including phenoxy) is 1. The molecule has 168 valence electrons. The molecule has 2 rings (SSSR count). The van der Waals surface area contributed by atoms with Gasteiger partial charge in [0.2, 0.25) is 5.91 Å². The van der Waals surface area contributed by atoms with Gasteiger partial charge in [0, 0.05) is 32.4 Å². The zero-order chi connectivity index (χ0) is 22.5. The second-order valence-corrected chi connectivity index (χ2v) is 9.05. The van der Waals surface area contributed by atoms with Gasteiger partial charge in [0.25, 0.3) is 0 Å². The van der Waals surface area contributed by atoms with Gasteiger partial charge in [0.05, 0.1) is 22.4 Å². The normalized spacial score (nSPS) is 18.2. The van der Waals surface area contributed by atoms with Gasteiger partial charge in [-0.1, -0.05) is 11.8 Å². The molecule has 1 aromatic heterocycles. The maximum absolute atomic E-state index is 12.7. The zero-order valence-corrected chi connectivity index (χ0v) is 18.3. The predicted molar refractivity (Wildman–Crippen MR) is 107 cm³/mol. The van der Waals surface area contributed by atoms with Crippen LogP contribution < -0.4 is 5.32 Å². The first-order chi connectivity index (χ1) is 13.8. The number of hydrogen-bond donors (Lipinski definition) is 1. The van der Waals surface area contributed by atoms with Gasteiger partial charge in [-0.2, -0.15) is 13.2 Å². The Labute approximate surface area is 178 Å². The average Bonchev–Trinajstić information content (AvgIpc) is 2.63. The van der Waals surface area contributed by atoms with Crippen molar-refractivity contribution in [2.45, 2.75) is 43.6 Å². The first-order valence-electron chi connectivity index (χ1n) is 9.46. The largest absolute Gasteiger partial charge is 0.444 e. The molecule has 2 heterocycles. The third-order valence-electron chi connectivity index (χ3n) is 4.29. The highest BCUT2D eigenvalue weighted by Crippen LogP contribution is 2.29. The Morgan fingerprint density at radius 1 is 1.27 bits per heavy atom. The van der Waals surface area contributed by atoms with E-state index in [9.17, 15) is 22.8 Å². The highest BCUT2D eigenvalue weighted by atomic mass is 32.2. The van der Waals surface area contributed by atoms with E-state index in [-0.39, 0.29) is 24.2 Å². The van der Waals surface area contributed by atoms with E-state index >= 15 is 0 Å². The fourth-order valence-corrected chi connectivity index (χ4v) is 3.61.